The minimum Gasteiger partial charge on any atom is -0.507 e. The number of nitrogens with two attached hydrogens (primary N) is 1. The molecule has 0 bridgehead atoms. The lowest BCUT2D eigenvalue weighted by Crippen LogP contribution is -2.29. The summed E-state index contributed by atoms with van der Waals surface area (Å²) < 4.78 is 29.0. The van der Waals surface area contributed by atoms with Gasteiger partial charge in [0.25, 0.3) is 11.7 Å². The number of sulfonamides is 1. The van der Waals surface area contributed by atoms with Crippen LogP contribution in [0.4, 0.5) is 5.69 Å². The predicted octanol–water partition coefficient (Wildman–Crippen LogP) is 3.28. The number of anilines is 1. The van der Waals surface area contributed by atoms with Crippen molar-refractivity contribution in [2.75, 3.05) is 4.90 Å². The highest BCUT2D eigenvalue weighted by Crippen LogP contribution is 2.43. The van der Waals surface area contributed by atoms with Crippen molar-refractivity contribution < 1.29 is 27.9 Å². The number of hydrogen-bond donors (Lipinski definition) is 2. The van der Waals surface area contributed by atoms with Crippen molar-refractivity contribution in [1.82, 2.24) is 0 Å². The van der Waals surface area contributed by atoms with Gasteiger partial charge in [-0.25, -0.2) is 13.6 Å². The highest BCUT2D eigenvalue weighted by molar-refractivity contribution is 7.89. The fourth-order valence-electron chi connectivity index (χ4n) is 4.57. The number of nitrogens with zero attached hydrogens (tertiary/aromatic N) is 1. The number of ether oxygens (including phenoxy) is 1. The fourth-order valence-corrected chi connectivity index (χ4v) is 5.09. The Bertz CT molecular complexity index is 1480. The van der Waals surface area contributed by atoms with Gasteiger partial charge in [-0.05, 0) is 60.5 Å². The van der Waals surface area contributed by atoms with Crippen LogP contribution in [-0.2, 0) is 26.0 Å². The number of amides is 1. The minimum absolute atomic E-state index is 0.0117. The van der Waals surface area contributed by atoms with Crippen molar-refractivity contribution in [3.05, 3.63) is 95.1 Å². The van der Waals surface area contributed by atoms with Crippen LogP contribution in [0.15, 0.2) is 83.3 Å². The van der Waals surface area contributed by atoms with E-state index >= 15 is 0 Å². The van der Waals surface area contributed by atoms with Gasteiger partial charge in [-0.1, -0.05) is 30.3 Å². The molecular formula is C26H22N2O6S. The minimum atomic E-state index is -3.93. The smallest absolute Gasteiger partial charge is 0.300 e. The van der Waals surface area contributed by atoms with Crippen LogP contribution >= 0.6 is 0 Å². The van der Waals surface area contributed by atoms with Gasteiger partial charge in [0.1, 0.15) is 17.6 Å². The van der Waals surface area contributed by atoms with E-state index in [2.05, 4.69) is 0 Å². The number of benzene rings is 3. The molecule has 2 heterocycles. The van der Waals surface area contributed by atoms with E-state index in [4.69, 9.17) is 9.88 Å². The van der Waals surface area contributed by atoms with Gasteiger partial charge in [0.15, 0.2) is 0 Å². The van der Waals surface area contributed by atoms with E-state index in [0.29, 0.717) is 23.2 Å². The number of Topliss-reactive ketones (excluding diaryl/α,β-unsaturated/α-hetero) is 1. The van der Waals surface area contributed by atoms with E-state index in [1.807, 2.05) is 6.92 Å². The average molecular weight is 491 g/mol. The molecule has 3 aromatic carbocycles. The molecule has 9 heteroatoms. The molecule has 35 heavy (non-hydrogen) atoms. The van der Waals surface area contributed by atoms with Crippen LogP contribution in [0.1, 0.15) is 29.7 Å². The normalized spacial score (nSPS) is 21.1. The van der Waals surface area contributed by atoms with E-state index in [1.165, 1.54) is 29.2 Å². The molecule has 2 aliphatic rings. The number of aliphatic hydroxyl groups is 1. The Morgan fingerprint density at radius 1 is 1.03 bits per heavy atom. The first-order chi connectivity index (χ1) is 16.6. The quantitative estimate of drug-likeness (QED) is 0.328. The summed E-state index contributed by atoms with van der Waals surface area (Å²) in [6.07, 6.45) is 0.682. The van der Waals surface area contributed by atoms with Crippen LogP contribution in [0.2, 0.25) is 0 Å². The van der Waals surface area contributed by atoms with Gasteiger partial charge in [0.05, 0.1) is 16.5 Å². The second-order valence-electron chi connectivity index (χ2n) is 8.57. The third-order valence-corrected chi connectivity index (χ3v) is 7.10. The molecule has 2 atom stereocenters. The molecule has 8 nitrogen and oxygen atoms in total. The summed E-state index contributed by atoms with van der Waals surface area (Å²) in [5.74, 6) is -1.23. The first-order valence-corrected chi connectivity index (χ1v) is 12.5. The monoisotopic (exact) mass is 490 g/mol. The standard InChI is InChI=1S/C26H22N2O6S/c1-15-13-18-14-17(7-12-21(18)34-15)24(29)22-23(16-5-3-2-4-6-16)28(26(31)25(22)30)19-8-10-20(11-9-19)35(27,32)33/h2-12,14-15,23,29H,13H2,1H3,(H2,27,32,33)/b24-22-. The third kappa shape index (κ3) is 3.98. The topological polar surface area (TPSA) is 127 Å². The van der Waals surface area contributed by atoms with E-state index in [-0.39, 0.29) is 22.3 Å². The van der Waals surface area contributed by atoms with E-state index < -0.39 is 27.8 Å². The van der Waals surface area contributed by atoms with Crippen LogP contribution in [0.25, 0.3) is 5.76 Å². The number of ketones is 1. The zero-order valence-electron chi connectivity index (χ0n) is 18.7. The molecule has 3 N–H and O–H groups in total. The van der Waals surface area contributed by atoms with Crippen LogP contribution in [0, 0.1) is 0 Å². The van der Waals surface area contributed by atoms with Crippen LogP contribution in [0.5, 0.6) is 5.75 Å². The lowest BCUT2D eigenvalue weighted by Gasteiger charge is -2.25. The summed E-state index contributed by atoms with van der Waals surface area (Å²) in [6.45, 7) is 1.95. The zero-order chi connectivity index (χ0) is 24.9. The summed E-state index contributed by atoms with van der Waals surface area (Å²) in [5, 5.41) is 16.5. The molecule has 0 spiro atoms. The van der Waals surface area contributed by atoms with E-state index in [1.54, 1.807) is 48.5 Å². The summed E-state index contributed by atoms with van der Waals surface area (Å²) in [4.78, 5) is 27.6. The lowest BCUT2D eigenvalue weighted by atomic mass is 9.94. The zero-order valence-corrected chi connectivity index (χ0v) is 19.5. The molecule has 1 saturated heterocycles. The molecule has 0 radical (unpaired) electrons. The van der Waals surface area contributed by atoms with Gasteiger partial charge in [-0.15, -0.1) is 0 Å². The SMILES string of the molecule is CC1Cc2cc(/C(O)=C3/C(=O)C(=O)N(c4ccc(S(N)(=O)=O)cc4)C3c3ccccc3)ccc2O1. The van der Waals surface area contributed by atoms with Gasteiger partial charge in [-0.3, -0.25) is 14.5 Å². The summed E-state index contributed by atoms with van der Waals surface area (Å²) >= 11 is 0. The molecule has 0 saturated carbocycles. The fraction of sp³-hybridized carbons (Fsp3) is 0.154. The molecule has 0 aromatic heterocycles. The van der Waals surface area contributed by atoms with Gasteiger partial charge in [0, 0.05) is 17.7 Å². The molecule has 2 unspecified atom stereocenters. The number of hydrogen-bond acceptors (Lipinski definition) is 6. The van der Waals surface area contributed by atoms with Gasteiger partial charge < -0.3 is 9.84 Å². The molecule has 178 valence electrons. The van der Waals surface area contributed by atoms with Crippen molar-refractivity contribution in [2.45, 2.75) is 30.4 Å². The van der Waals surface area contributed by atoms with Gasteiger partial charge in [-0.2, -0.15) is 0 Å². The number of carbonyl (C=O) groups excluding carboxylic acids is 2. The second kappa shape index (κ2) is 8.37. The van der Waals surface area contributed by atoms with E-state index in [9.17, 15) is 23.1 Å². The number of fused-ring (bicyclic) bond motifs is 1. The van der Waals surface area contributed by atoms with Crippen molar-refractivity contribution >= 4 is 33.2 Å². The maximum Gasteiger partial charge on any atom is 0.300 e. The molecule has 0 aliphatic carbocycles. The van der Waals surface area contributed by atoms with Crippen LogP contribution in [0.3, 0.4) is 0 Å². The van der Waals surface area contributed by atoms with Gasteiger partial charge in [0.2, 0.25) is 10.0 Å². The lowest BCUT2D eigenvalue weighted by molar-refractivity contribution is -0.132. The first kappa shape index (κ1) is 22.8. The molecule has 3 aromatic rings. The van der Waals surface area contributed by atoms with E-state index in [0.717, 1.165) is 11.3 Å². The second-order valence-corrected chi connectivity index (χ2v) is 10.1. The molecule has 1 fully saturated rings. The Morgan fingerprint density at radius 3 is 2.37 bits per heavy atom. The highest BCUT2D eigenvalue weighted by Gasteiger charge is 2.47. The maximum absolute atomic E-state index is 13.2. The van der Waals surface area contributed by atoms with Crippen molar-refractivity contribution in [1.29, 1.82) is 0 Å². The Kier molecular flexibility index (Phi) is 5.46. The predicted molar refractivity (Wildman–Crippen MR) is 129 cm³/mol. The molecule has 2 aliphatic heterocycles. The van der Waals surface area contributed by atoms with Crippen LogP contribution < -0.4 is 14.8 Å². The number of rotatable bonds is 4. The Balaban J connectivity index is 1.66. The summed E-state index contributed by atoms with van der Waals surface area (Å²) in [6, 6.07) is 18.5. The van der Waals surface area contributed by atoms with Crippen molar-refractivity contribution in [2.24, 2.45) is 5.14 Å². The van der Waals surface area contributed by atoms with Crippen molar-refractivity contribution in [3.8, 4) is 5.75 Å². The molecule has 1 amide bonds. The molecule has 5 rings (SSSR count). The summed E-state index contributed by atoms with van der Waals surface area (Å²) in [7, 11) is -3.93. The third-order valence-electron chi connectivity index (χ3n) is 6.17. The summed E-state index contributed by atoms with van der Waals surface area (Å²) in [5.41, 5.74) is 2.17. The van der Waals surface area contributed by atoms with Gasteiger partial charge >= 0.3 is 0 Å². The number of carbonyl (C=O) groups is 2. The highest BCUT2D eigenvalue weighted by atomic mass is 32.2. The Morgan fingerprint density at radius 2 is 1.71 bits per heavy atom. The number of primary sulfonamides is 1. The number of aliphatic hydroxyl groups excluding tert-OH is 1. The molecular weight excluding hydrogens is 468 g/mol. The first-order valence-electron chi connectivity index (χ1n) is 10.9. The van der Waals surface area contributed by atoms with Crippen LogP contribution in [-0.4, -0.2) is 31.3 Å². The Hall–Kier alpha value is -3.95. The average Bonchev–Trinajstić information content (AvgIpc) is 3.34. The van der Waals surface area contributed by atoms with Crippen molar-refractivity contribution in [3.63, 3.8) is 0 Å². The Labute approximate surface area is 202 Å². The largest absolute Gasteiger partial charge is 0.507 e. The maximum atomic E-state index is 13.2.